The van der Waals surface area contributed by atoms with Crippen molar-refractivity contribution in [1.82, 2.24) is 3.11 Å². The molecule has 0 aliphatic carbocycles. The zero-order chi connectivity index (χ0) is 7.56. The monoisotopic (exact) mass is 383 g/mol. The summed E-state index contributed by atoms with van der Waals surface area (Å²) >= 11 is 6.15. The number of nitrogens with zero attached hydrogens (tertiary/aromatic N) is 1. The summed E-state index contributed by atoms with van der Waals surface area (Å²) in [6.07, 6.45) is 0. The highest BCUT2D eigenvalue weighted by Crippen LogP contribution is 2.19. The Morgan fingerprint density at radius 3 is 3.10 bits per heavy atom. The molecule has 1 fully saturated rings. The van der Waals surface area contributed by atoms with Crippen LogP contribution in [0.3, 0.4) is 0 Å². The van der Waals surface area contributed by atoms with Crippen LogP contribution in [0.5, 0.6) is 0 Å². The van der Waals surface area contributed by atoms with Crippen molar-refractivity contribution in [1.29, 1.82) is 0 Å². The lowest BCUT2D eigenvalue weighted by atomic mass is 10.4. The van der Waals surface area contributed by atoms with E-state index in [1.165, 1.54) is 0 Å². The SMILES string of the molecule is O=C1C(I)CSCCN1I. The fourth-order valence-electron chi connectivity index (χ4n) is 0.665. The third-order valence-corrected chi connectivity index (χ3v) is 4.77. The van der Waals surface area contributed by atoms with E-state index in [0.29, 0.717) is 0 Å². The van der Waals surface area contributed by atoms with E-state index >= 15 is 0 Å². The molecule has 0 aromatic rings. The molecule has 1 rings (SSSR count). The van der Waals surface area contributed by atoms with Crippen molar-refractivity contribution in [3.8, 4) is 0 Å². The molecule has 1 atom stereocenters. The van der Waals surface area contributed by atoms with E-state index in [9.17, 15) is 4.79 Å². The highest BCUT2D eigenvalue weighted by Gasteiger charge is 2.22. The Bertz CT molecular complexity index is 130. The normalized spacial score (nSPS) is 28.4. The summed E-state index contributed by atoms with van der Waals surface area (Å²) in [4.78, 5) is 11.2. The summed E-state index contributed by atoms with van der Waals surface area (Å²) in [5.74, 6) is 2.32. The quantitative estimate of drug-likeness (QED) is 0.361. The van der Waals surface area contributed by atoms with Crippen molar-refractivity contribution in [3.05, 3.63) is 0 Å². The molecule has 5 heteroatoms. The lowest BCUT2D eigenvalue weighted by Gasteiger charge is -2.11. The van der Waals surface area contributed by atoms with E-state index in [4.69, 9.17) is 0 Å². The number of rotatable bonds is 0. The molecule has 1 aliphatic rings. The van der Waals surface area contributed by atoms with E-state index in [1.54, 1.807) is 3.11 Å². The minimum absolute atomic E-state index is 0.182. The number of hydrogen-bond acceptors (Lipinski definition) is 2. The molecule has 0 bridgehead atoms. The zero-order valence-corrected chi connectivity index (χ0v) is 10.3. The van der Waals surface area contributed by atoms with Gasteiger partial charge in [0.2, 0.25) is 5.91 Å². The molecule has 1 aliphatic heterocycles. The number of carbonyl (C=O) groups is 1. The highest BCUT2D eigenvalue weighted by atomic mass is 127. The number of amides is 1. The fourth-order valence-corrected chi connectivity index (χ4v) is 4.03. The molecule has 10 heavy (non-hydrogen) atoms. The molecule has 0 N–H and O–H groups in total. The lowest BCUT2D eigenvalue weighted by Crippen LogP contribution is -2.28. The van der Waals surface area contributed by atoms with E-state index in [2.05, 4.69) is 45.5 Å². The van der Waals surface area contributed by atoms with E-state index in [1.807, 2.05) is 11.8 Å². The molecule has 2 nitrogen and oxygen atoms in total. The van der Waals surface area contributed by atoms with Gasteiger partial charge >= 0.3 is 0 Å². The van der Waals surface area contributed by atoms with Gasteiger partial charge in [0.15, 0.2) is 0 Å². The first-order valence-electron chi connectivity index (χ1n) is 2.91. The molecule has 58 valence electrons. The third-order valence-electron chi connectivity index (χ3n) is 1.20. The van der Waals surface area contributed by atoms with Crippen molar-refractivity contribution in [2.45, 2.75) is 3.92 Å². The predicted octanol–water partition coefficient (Wildman–Crippen LogP) is 1.72. The van der Waals surface area contributed by atoms with Gasteiger partial charge in [-0.2, -0.15) is 11.8 Å². The van der Waals surface area contributed by atoms with Gasteiger partial charge in [-0.25, -0.2) is 0 Å². The zero-order valence-electron chi connectivity index (χ0n) is 5.22. The maximum Gasteiger partial charge on any atom is 0.245 e. The average Bonchev–Trinajstić information content (AvgIpc) is 2.04. The Morgan fingerprint density at radius 2 is 2.40 bits per heavy atom. The van der Waals surface area contributed by atoms with Gasteiger partial charge in [0.1, 0.15) is 0 Å². The Labute approximate surface area is 92.1 Å². The minimum atomic E-state index is 0.182. The molecule has 1 saturated heterocycles. The van der Waals surface area contributed by atoms with Crippen molar-refractivity contribution in [2.24, 2.45) is 0 Å². The topological polar surface area (TPSA) is 20.3 Å². The molecule has 0 saturated carbocycles. The van der Waals surface area contributed by atoms with Gasteiger partial charge in [-0.3, -0.25) is 7.91 Å². The van der Waals surface area contributed by atoms with Crippen LogP contribution in [-0.2, 0) is 4.79 Å². The van der Waals surface area contributed by atoms with Crippen LogP contribution in [0, 0.1) is 0 Å². The number of thioether (sulfide) groups is 1. The van der Waals surface area contributed by atoms with Crippen LogP contribution in [0.1, 0.15) is 0 Å². The van der Waals surface area contributed by atoms with Crippen LogP contribution in [0.2, 0.25) is 0 Å². The van der Waals surface area contributed by atoms with Gasteiger partial charge < -0.3 is 0 Å². The lowest BCUT2D eigenvalue weighted by molar-refractivity contribution is -0.123. The van der Waals surface area contributed by atoms with Crippen molar-refractivity contribution < 1.29 is 4.79 Å². The second-order valence-corrected chi connectivity index (χ2v) is 5.78. The van der Waals surface area contributed by atoms with Crippen molar-refractivity contribution in [3.63, 3.8) is 0 Å². The number of halogens is 2. The van der Waals surface area contributed by atoms with Gasteiger partial charge in [-0.05, 0) is 0 Å². The first-order chi connectivity index (χ1) is 4.72. The Morgan fingerprint density at radius 1 is 1.70 bits per heavy atom. The molecular formula is C5H7I2NOS. The summed E-state index contributed by atoms with van der Waals surface area (Å²) in [5.41, 5.74) is 0. The molecule has 0 aromatic carbocycles. The van der Waals surface area contributed by atoms with Gasteiger partial charge in [0.05, 0.1) is 26.8 Å². The summed E-state index contributed by atoms with van der Waals surface area (Å²) < 4.78 is 1.97. The summed E-state index contributed by atoms with van der Waals surface area (Å²) in [6, 6.07) is 0. The molecule has 1 heterocycles. The molecule has 0 spiro atoms. The van der Waals surface area contributed by atoms with Crippen LogP contribution in [0.25, 0.3) is 0 Å². The van der Waals surface area contributed by atoms with Gasteiger partial charge in [-0.15, -0.1) is 0 Å². The smallest absolute Gasteiger partial charge is 0.245 e. The summed E-state index contributed by atoms with van der Waals surface area (Å²) in [5, 5.41) is 0. The molecule has 1 unspecified atom stereocenters. The second kappa shape index (κ2) is 4.34. The Hall–Kier alpha value is 1.28. The molecular weight excluding hydrogens is 376 g/mol. The number of hydrogen-bond donors (Lipinski definition) is 0. The number of carbonyl (C=O) groups excluding carboxylic acids is 1. The second-order valence-electron chi connectivity index (χ2n) is 1.97. The van der Waals surface area contributed by atoms with E-state index in [-0.39, 0.29) is 9.83 Å². The maximum atomic E-state index is 11.2. The van der Waals surface area contributed by atoms with E-state index in [0.717, 1.165) is 18.1 Å². The Balaban J connectivity index is 2.55. The molecule has 1 amide bonds. The van der Waals surface area contributed by atoms with Crippen LogP contribution >= 0.6 is 57.2 Å². The van der Waals surface area contributed by atoms with Gasteiger partial charge in [0.25, 0.3) is 0 Å². The first kappa shape index (κ1) is 9.37. The van der Waals surface area contributed by atoms with E-state index < -0.39 is 0 Å². The summed E-state index contributed by atoms with van der Waals surface area (Å²) in [7, 11) is 0. The average molecular weight is 383 g/mol. The van der Waals surface area contributed by atoms with Crippen LogP contribution in [0.4, 0.5) is 0 Å². The largest absolute Gasteiger partial charge is 0.283 e. The number of alkyl halides is 1. The minimum Gasteiger partial charge on any atom is -0.283 e. The van der Waals surface area contributed by atoms with Crippen LogP contribution in [-0.4, -0.2) is 31.0 Å². The standard InChI is InChI=1S/C5H7I2NOS/c6-4-3-10-2-1-8(7)5(4)9/h4H,1-3H2. The summed E-state index contributed by atoms with van der Waals surface area (Å²) in [6.45, 7) is 0.892. The van der Waals surface area contributed by atoms with Gasteiger partial charge in [-0.1, -0.05) is 22.6 Å². The van der Waals surface area contributed by atoms with Crippen LogP contribution < -0.4 is 0 Å². The maximum absolute atomic E-state index is 11.2. The fraction of sp³-hybridized carbons (Fsp3) is 0.800. The molecule has 0 aromatic heterocycles. The Kier molecular flexibility index (Phi) is 4.07. The first-order valence-corrected chi connectivity index (χ1v) is 6.27. The highest BCUT2D eigenvalue weighted by molar-refractivity contribution is 14.1. The van der Waals surface area contributed by atoms with Crippen molar-refractivity contribution in [2.75, 3.05) is 18.1 Å². The predicted molar refractivity (Wildman–Crippen MR) is 60.9 cm³/mol. The van der Waals surface area contributed by atoms with Crippen LogP contribution in [0.15, 0.2) is 0 Å². The van der Waals surface area contributed by atoms with Crippen molar-refractivity contribution >= 4 is 63.1 Å². The van der Waals surface area contributed by atoms with Gasteiger partial charge in [0, 0.05) is 18.1 Å². The molecule has 0 radical (unpaired) electrons. The third kappa shape index (κ3) is 2.40.